The predicted octanol–water partition coefficient (Wildman–Crippen LogP) is 1.32. The zero-order valence-electron chi connectivity index (χ0n) is 12.8. The van der Waals surface area contributed by atoms with Crippen LogP contribution in [0.3, 0.4) is 0 Å². The highest BCUT2D eigenvalue weighted by Gasteiger charge is 2.40. The zero-order valence-corrected chi connectivity index (χ0v) is 12.8. The van der Waals surface area contributed by atoms with Gasteiger partial charge in [-0.15, -0.1) is 0 Å². The third-order valence-electron chi connectivity index (χ3n) is 3.97. The molecule has 0 aromatic carbocycles. The number of hydrogen-bond donors (Lipinski definition) is 1. The van der Waals surface area contributed by atoms with Crippen molar-refractivity contribution in [3.8, 4) is 0 Å². The van der Waals surface area contributed by atoms with Crippen LogP contribution in [0.4, 0.5) is 0 Å². The lowest BCUT2D eigenvalue weighted by Gasteiger charge is -2.41. The highest BCUT2D eigenvalue weighted by atomic mass is 16.2. The van der Waals surface area contributed by atoms with E-state index in [0.717, 1.165) is 25.9 Å². The van der Waals surface area contributed by atoms with E-state index in [4.69, 9.17) is 0 Å². The van der Waals surface area contributed by atoms with Crippen molar-refractivity contribution in [2.75, 3.05) is 27.2 Å². The molecule has 0 aliphatic carbocycles. The first-order chi connectivity index (χ1) is 8.31. The average Bonchev–Trinajstić information content (AvgIpc) is 2.33. The van der Waals surface area contributed by atoms with Gasteiger partial charge in [0.2, 0.25) is 5.91 Å². The van der Waals surface area contributed by atoms with Gasteiger partial charge in [-0.1, -0.05) is 0 Å². The van der Waals surface area contributed by atoms with Crippen LogP contribution in [-0.2, 0) is 4.79 Å². The highest BCUT2D eigenvalue weighted by Crippen LogP contribution is 2.28. The van der Waals surface area contributed by atoms with Crippen molar-refractivity contribution in [2.24, 2.45) is 0 Å². The van der Waals surface area contributed by atoms with Gasteiger partial charge in [0, 0.05) is 18.1 Å². The number of carbonyl (C=O) groups is 1. The van der Waals surface area contributed by atoms with E-state index in [1.54, 1.807) is 0 Å². The van der Waals surface area contributed by atoms with Crippen LogP contribution < -0.4 is 5.32 Å². The van der Waals surface area contributed by atoms with Crippen molar-refractivity contribution < 1.29 is 4.79 Å². The van der Waals surface area contributed by atoms with E-state index in [9.17, 15) is 4.79 Å². The first-order valence-corrected chi connectivity index (χ1v) is 6.99. The second-order valence-electron chi connectivity index (χ2n) is 6.25. The van der Waals surface area contributed by atoms with E-state index in [1.807, 2.05) is 7.05 Å². The molecule has 0 bridgehead atoms. The first-order valence-electron chi connectivity index (χ1n) is 6.99. The molecule has 1 N–H and O–H groups in total. The lowest BCUT2D eigenvalue weighted by Crippen LogP contribution is -2.54. The molecule has 0 radical (unpaired) electrons. The molecule has 106 valence electrons. The molecule has 0 aromatic rings. The number of likely N-dealkylation sites (N-methyl/N-ethyl adjacent to an activating group) is 1. The van der Waals surface area contributed by atoms with E-state index in [0.29, 0.717) is 0 Å². The summed E-state index contributed by atoms with van der Waals surface area (Å²) >= 11 is 0. The fraction of sp³-hybridized carbons (Fsp3) is 0.929. The molecule has 4 nitrogen and oxygen atoms in total. The molecule has 1 amide bonds. The SMILES string of the molecule is CNCCC1C(=O)N(C(C)C)C(C)(C)CCN1C. The van der Waals surface area contributed by atoms with Gasteiger partial charge in [-0.25, -0.2) is 0 Å². The fourth-order valence-corrected chi connectivity index (χ4v) is 2.95. The minimum atomic E-state index is -0.0477. The third-order valence-corrected chi connectivity index (χ3v) is 3.97. The van der Waals surface area contributed by atoms with Gasteiger partial charge in [0.15, 0.2) is 0 Å². The van der Waals surface area contributed by atoms with Crippen LogP contribution in [0, 0.1) is 0 Å². The maximum atomic E-state index is 12.8. The fourth-order valence-electron chi connectivity index (χ4n) is 2.95. The molecule has 1 fully saturated rings. The van der Waals surface area contributed by atoms with Gasteiger partial charge in [-0.2, -0.15) is 0 Å². The molecule has 1 aliphatic heterocycles. The van der Waals surface area contributed by atoms with E-state index >= 15 is 0 Å². The summed E-state index contributed by atoms with van der Waals surface area (Å²) in [4.78, 5) is 17.1. The lowest BCUT2D eigenvalue weighted by atomic mass is 9.96. The number of rotatable bonds is 4. The number of nitrogens with one attached hydrogen (secondary N) is 1. The molecule has 0 spiro atoms. The molecule has 0 aromatic heterocycles. The number of carbonyl (C=O) groups excluding carboxylic acids is 1. The van der Waals surface area contributed by atoms with Crippen molar-refractivity contribution in [1.29, 1.82) is 0 Å². The van der Waals surface area contributed by atoms with Crippen molar-refractivity contribution in [3.63, 3.8) is 0 Å². The first kappa shape index (κ1) is 15.4. The summed E-state index contributed by atoms with van der Waals surface area (Å²) in [5.74, 6) is 0.283. The van der Waals surface area contributed by atoms with Gasteiger partial charge >= 0.3 is 0 Å². The Morgan fingerprint density at radius 2 is 2.06 bits per heavy atom. The monoisotopic (exact) mass is 255 g/mol. The molecule has 1 aliphatic rings. The average molecular weight is 255 g/mol. The summed E-state index contributed by atoms with van der Waals surface area (Å²) in [6, 6.07) is 0.276. The smallest absolute Gasteiger partial charge is 0.240 e. The number of hydrogen-bond acceptors (Lipinski definition) is 3. The highest BCUT2D eigenvalue weighted by molar-refractivity contribution is 5.83. The molecule has 1 unspecified atom stereocenters. The molecule has 1 saturated heterocycles. The van der Waals surface area contributed by atoms with Crippen LogP contribution in [0.15, 0.2) is 0 Å². The molecule has 4 heteroatoms. The second-order valence-corrected chi connectivity index (χ2v) is 6.25. The molecule has 18 heavy (non-hydrogen) atoms. The lowest BCUT2D eigenvalue weighted by molar-refractivity contribution is -0.142. The quantitative estimate of drug-likeness (QED) is 0.823. The van der Waals surface area contributed by atoms with Crippen molar-refractivity contribution in [3.05, 3.63) is 0 Å². The summed E-state index contributed by atoms with van der Waals surface area (Å²) in [5, 5.41) is 3.14. The van der Waals surface area contributed by atoms with Crippen LogP contribution in [0.1, 0.15) is 40.5 Å². The van der Waals surface area contributed by atoms with Crippen LogP contribution in [-0.4, -0.2) is 60.5 Å². The molecule has 0 saturated carbocycles. The van der Waals surface area contributed by atoms with Gasteiger partial charge in [-0.3, -0.25) is 9.69 Å². The maximum Gasteiger partial charge on any atom is 0.240 e. The Bertz CT molecular complexity index is 289. The van der Waals surface area contributed by atoms with Crippen molar-refractivity contribution in [2.45, 2.75) is 58.2 Å². The Kier molecular flexibility index (Phi) is 5.17. The maximum absolute atomic E-state index is 12.8. The molecular formula is C14H29N3O. The molecule has 1 heterocycles. The molecule has 1 atom stereocenters. The summed E-state index contributed by atoms with van der Waals surface area (Å²) in [5.41, 5.74) is -0.0477. The third kappa shape index (κ3) is 3.23. The second kappa shape index (κ2) is 6.02. The summed E-state index contributed by atoms with van der Waals surface area (Å²) < 4.78 is 0. The van der Waals surface area contributed by atoms with Gasteiger partial charge in [0.05, 0.1) is 6.04 Å². The topological polar surface area (TPSA) is 35.6 Å². The van der Waals surface area contributed by atoms with Crippen LogP contribution in [0.5, 0.6) is 0 Å². The predicted molar refractivity (Wildman–Crippen MR) is 75.6 cm³/mol. The summed E-state index contributed by atoms with van der Waals surface area (Å²) in [6.45, 7) is 10.4. The van der Waals surface area contributed by atoms with Crippen molar-refractivity contribution in [1.82, 2.24) is 15.1 Å². The van der Waals surface area contributed by atoms with Crippen molar-refractivity contribution >= 4 is 5.91 Å². The Morgan fingerprint density at radius 1 is 1.44 bits per heavy atom. The van der Waals surface area contributed by atoms with Crippen LogP contribution >= 0.6 is 0 Å². The Hall–Kier alpha value is -0.610. The molecule has 1 rings (SSSR count). The Labute approximate surface area is 112 Å². The van der Waals surface area contributed by atoms with E-state index in [-0.39, 0.29) is 23.5 Å². The normalized spacial score (nSPS) is 25.6. The standard InChI is InChI=1S/C14H29N3O/c1-11(2)17-13(18)12(7-9-15-5)16(6)10-8-14(17,3)4/h11-12,15H,7-10H2,1-6H3. The van der Waals surface area contributed by atoms with Gasteiger partial charge < -0.3 is 10.2 Å². The summed E-state index contributed by atoms with van der Waals surface area (Å²) in [7, 11) is 4.00. The Morgan fingerprint density at radius 3 is 2.56 bits per heavy atom. The van der Waals surface area contributed by atoms with Gasteiger partial charge in [0.1, 0.15) is 0 Å². The minimum absolute atomic E-state index is 0.0154. The Balaban J connectivity index is 2.96. The van der Waals surface area contributed by atoms with Crippen LogP contribution in [0.2, 0.25) is 0 Å². The largest absolute Gasteiger partial charge is 0.334 e. The number of nitrogens with zero attached hydrogens (tertiary/aromatic N) is 2. The molecular weight excluding hydrogens is 226 g/mol. The number of amides is 1. The van der Waals surface area contributed by atoms with E-state index in [1.165, 1.54) is 0 Å². The van der Waals surface area contributed by atoms with Gasteiger partial charge in [0.25, 0.3) is 0 Å². The zero-order chi connectivity index (χ0) is 13.9. The van der Waals surface area contributed by atoms with E-state index < -0.39 is 0 Å². The van der Waals surface area contributed by atoms with Crippen LogP contribution in [0.25, 0.3) is 0 Å². The van der Waals surface area contributed by atoms with Gasteiger partial charge in [-0.05, 0) is 61.2 Å². The minimum Gasteiger partial charge on any atom is -0.334 e. The summed E-state index contributed by atoms with van der Waals surface area (Å²) in [6.07, 6.45) is 1.91. The van der Waals surface area contributed by atoms with E-state index in [2.05, 4.69) is 49.9 Å².